The van der Waals surface area contributed by atoms with Crippen molar-refractivity contribution in [1.82, 2.24) is 4.90 Å². The smallest absolute Gasteiger partial charge is 0.278 e. The van der Waals surface area contributed by atoms with Gasteiger partial charge in [-0.3, -0.25) is 14.5 Å². The van der Waals surface area contributed by atoms with Gasteiger partial charge in [0, 0.05) is 16.6 Å². The lowest BCUT2D eigenvalue weighted by molar-refractivity contribution is -0.137. The third-order valence-electron chi connectivity index (χ3n) is 5.96. The van der Waals surface area contributed by atoms with Gasteiger partial charge < -0.3 is 10.1 Å². The minimum atomic E-state index is -0.505. The average molecular weight is 467 g/mol. The molecule has 0 radical (unpaired) electrons. The predicted octanol–water partition coefficient (Wildman–Crippen LogP) is 5.77. The molecule has 4 aromatic rings. The SMILES string of the molecule is CCOc1ccc(C2=C(Nc3cccc4ccccc34)C(=O)N(Cc3ccccc3F)C2=O)cc1. The number of carbonyl (C=O) groups excluding carboxylic acids is 2. The third kappa shape index (κ3) is 4.26. The number of benzene rings is 4. The van der Waals surface area contributed by atoms with Crippen LogP contribution in [-0.2, 0) is 16.1 Å². The summed E-state index contributed by atoms with van der Waals surface area (Å²) in [6.07, 6.45) is 0. The van der Waals surface area contributed by atoms with Crippen LogP contribution >= 0.6 is 0 Å². The minimum absolute atomic E-state index is 0.159. The second-order valence-electron chi connectivity index (χ2n) is 8.15. The van der Waals surface area contributed by atoms with Crippen LogP contribution in [0.3, 0.4) is 0 Å². The van der Waals surface area contributed by atoms with Crippen molar-refractivity contribution in [3.05, 3.63) is 114 Å². The summed E-state index contributed by atoms with van der Waals surface area (Å²) in [6, 6.07) is 26.7. The second-order valence-corrected chi connectivity index (χ2v) is 8.15. The number of fused-ring (bicyclic) bond motifs is 1. The van der Waals surface area contributed by atoms with Crippen molar-refractivity contribution in [3.63, 3.8) is 0 Å². The van der Waals surface area contributed by atoms with E-state index in [4.69, 9.17) is 4.74 Å². The van der Waals surface area contributed by atoms with Gasteiger partial charge in [-0.2, -0.15) is 0 Å². The molecule has 5 nitrogen and oxygen atoms in total. The Morgan fingerprint density at radius 1 is 0.829 bits per heavy atom. The van der Waals surface area contributed by atoms with Crippen LogP contribution in [0.1, 0.15) is 18.1 Å². The van der Waals surface area contributed by atoms with Crippen LogP contribution in [0.2, 0.25) is 0 Å². The third-order valence-corrected chi connectivity index (χ3v) is 5.96. The van der Waals surface area contributed by atoms with Gasteiger partial charge in [-0.1, -0.05) is 66.7 Å². The van der Waals surface area contributed by atoms with E-state index in [-0.39, 0.29) is 23.4 Å². The van der Waals surface area contributed by atoms with Crippen molar-refractivity contribution in [2.24, 2.45) is 0 Å². The van der Waals surface area contributed by atoms with E-state index in [1.807, 2.05) is 49.4 Å². The molecule has 0 saturated heterocycles. The highest BCUT2D eigenvalue weighted by molar-refractivity contribution is 6.36. The van der Waals surface area contributed by atoms with Crippen molar-refractivity contribution in [2.75, 3.05) is 11.9 Å². The quantitative estimate of drug-likeness (QED) is 0.351. The number of carbonyl (C=O) groups is 2. The number of nitrogens with one attached hydrogen (secondary N) is 1. The molecule has 0 aromatic heterocycles. The molecular formula is C29H23FN2O3. The molecule has 2 amide bonds. The summed E-state index contributed by atoms with van der Waals surface area (Å²) in [5, 5.41) is 5.14. The number of hydrogen-bond donors (Lipinski definition) is 1. The lowest BCUT2D eigenvalue weighted by atomic mass is 10.0. The Kier molecular flexibility index (Phi) is 6.02. The van der Waals surface area contributed by atoms with Crippen molar-refractivity contribution in [3.8, 4) is 5.75 Å². The zero-order chi connectivity index (χ0) is 24.4. The van der Waals surface area contributed by atoms with Crippen LogP contribution in [0, 0.1) is 5.82 Å². The highest BCUT2D eigenvalue weighted by Crippen LogP contribution is 2.34. The summed E-state index contributed by atoms with van der Waals surface area (Å²) in [6.45, 7) is 2.25. The molecule has 174 valence electrons. The maximum absolute atomic E-state index is 14.4. The summed E-state index contributed by atoms with van der Waals surface area (Å²) in [5.74, 6) is -0.785. The lowest BCUT2D eigenvalue weighted by Gasteiger charge is -2.16. The molecule has 6 heteroatoms. The summed E-state index contributed by atoms with van der Waals surface area (Å²) in [5.41, 5.74) is 1.95. The molecule has 0 bridgehead atoms. The largest absolute Gasteiger partial charge is 0.494 e. The maximum atomic E-state index is 14.4. The summed E-state index contributed by atoms with van der Waals surface area (Å²) in [7, 11) is 0. The molecule has 0 aliphatic carbocycles. The van der Waals surface area contributed by atoms with Gasteiger partial charge in [0.05, 0.1) is 18.7 Å². The van der Waals surface area contributed by atoms with Gasteiger partial charge in [0.1, 0.15) is 17.3 Å². The van der Waals surface area contributed by atoms with E-state index < -0.39 is 17.6 Å². The Morgan fingerprint density at radius 3 is 2.31 bits per heavy atom. The Labute approximate surface area is 202 Å². The molecule has 0 unspecified atom stereocenters. The summed E-state index contributed by atoms with van der Waals surface area (Å²) >= 11 is 0. The van der Waals surface area contributed by atoms with Gasteiger partial charge in [-0.15, -0.1) is 0 Å². The van der Waals surface area contributed by atoms with E-state index in [9.17, 15) is 14.0 Å². The Balaban J connectivity index is 1.58. The van der Waals surface area contributed by atoms with Crippen LogP contribution in [0.4, 0.5) is 10.1 Å². The highest BCUT2D eigenvalue weighted by Gasteiger charge is 2.39. The van der Waals surface area contributed by atoms with Gasteiger partial charge in [-0.05, 0) is 42.1 Å². The maximum Gasteiger partial charge on any atom is 0.278 e. The number of rotatable bonds is 7. The standard InChI is InChI=1S/C29H23FN2O3/c1-2-35-22-16-14-20(15-17-22)26-27(31-25-13-7-10-19-8-3-5-11-23(19)25)29(34)32(28(26)33)18-21-9-4-6-12-24(21)30/h3-17,31H,2,18H2,1H3. The summed E-state index contributed by atoms with van der Waals surface area (Å²) < 4.78 is 19.9. The molecule has 1 heterocycles. The number of halogens is 1. The van der Waals surface area contributed by atoms with Crippen molar-refractivity contribution in [2.45, 2.75) is 13.5 Å². The van der Waals surface area contributed by atoms with Gasteiger partial charge in [0.25, 0.3) is 11.8 Å². The zero-order valence-electron chi connectivity index (χ0n) is 19.1. The Morgan fingerprint density at radius 2 is 1.54 bits per heavy atom. The van der Waals surface area contributed by atoms with E-state index in [0.717, 1.165) is 15.7 Å². The van der Waals surface area contributed by atoms with Gasteiger partial charge in [0.2, 0.25) is 0 Å². The molecule has 0 atom stereocenters. The van der Waals surface area contributed by atoms with Crippen LogP contribution < -0.4 is 10.1 Å². The molecule has 5 rings (SSSR count). The van der Waals surface area contributed by atoms with Crippen LogP contribution in [0.5, 0.6) is 5.75 Å². The minimum Gasteiger partial charge on any atom is -0.494 e. The first-order valence-corrected chi connectivity index (χ1v) is 11.4. The first kappa shape index (κ1) is 22.3. The molecule has 35 heavy (non-hydrogen) atoms. The number of ether oxygens (including phenoxy) is 1. The van der Waals surface area contributed by atoms with Crippen LogP contribution in [-0.4, -0.2) is 23.3 Å². The number of anilines is 1. The predicted molar refractivity (Wildman–Crippen MR) is 134 cm³/mol. The van der Waals surface area contributed by atoms with Crippen LogP contribution in [0.25, 0.3) is 16.3 Å². The first-order valence-electron chi connectivity index (χ1n) is 11.4. The van der Waals surface area contributed by atoms with Crippen molar-refractivity contribution >= 4 is 33.8 Å². The molecule has 0 fully saturated rings. The topological polar surface area (TPSA) is 58.6 Å². The first-order chi connectivity index (χ1) is 17.1. The number of hydrogen-bond acceptors (Lipinski definition) is 4. The number of amides is 2. The number of imide groups is 1. The second kappa shape index (κ2) is 9.43. The fraction of sp³-hybridized carbons (Fsp3) is 0.103. The van der Waals surface area contributed by atoms with E-state index in [1.165, 1.54) is 6.07 Å². The molecule has 1 N–H and O–H groups in total. The molecule has 4 aromatic carbocycles. The number of nitrogens with zero attached hydrogens (tertiary/aromatic N) is 1. The average Bonchev–Trinajstić information content (AvgIpc) is 3.10. The van der Waals surface area contributed by atoms with Gasteiger partial charge in [0.15, 0.2) is 0 Å². The van der Waals surface area contributed by atoms with Crippen molar-refractivity contribution < 1.29 is 18.7 Å². The van der Waals surface area contributed by atoms with E-state index >= 15 is 0 Å². The van der Waals surface area contributed by atoms with Gasteiger partial charge in [-0.25, -0.2) is 4.39 Å². The van der Waals surface area contributed by atoms with E-state index in [2.05, 4.69) is 5.32 Å². The van der Waals surface area contributed by atoms with E-state index in [1.54, 1.807) is 42.5 Å². The van der Waals surface area contributed by atoms with Crippen molar-refractivity contribution in [1.29, 1.82) is 0 Å². The zero-order valence-corrected chi connectivity index (χ0v) is 19.1. The lowest BCUT2D eigenvalue weighted by Crippen LogP contribution is -2.32. The molecular weight excluding hydrogens is 443 g/mol. The fourth-order valence-electron chi connectivity index (χ4n) is 4.25. The van der Waals surface area contributed by atoms with E-state index in [0.29, 0.717) is 23.6 Å². The highest BCUT2D eigenvalue weighted by atomic mass is 19.1. The monoisotopic (exact) mass is 466 g/mol. The van der Waals surface area contributed by atoms with Crippen LogP contribution in [0.15, 0.2) is 96.7 Å². The molecule has 0 saturated carbocycles. The normalized spacial score (nSPS) is 13.6. The molecule has 1 aliphatic rings. The van der Waals surface area contributed by atoms with Gasteiger partial charge >= 0.3 is 0 Å². The molecule has 1 aliphatic heterocycles. The Bertz CT molecular complexity index is 1460. The fourth-order valence-corrected chi connectivity index (χ4v) is 4.25. The Hall–Kier alpha value is -4.45. The molecule has 0 spiro atoms. The summed E-state index contributed by atoms with van der Waals surface area (Å²) in [4.78, 5) is 28.2.